The molecule has 3 N–H and O–H groups in total. The van der Waals surface area contributed by atoms with Gasteiger partial charge in [-0.05, 0) is 6.07 Å². The second kappa shape index (κ2) is 5.85. The molecule has 0 atom stereocenters. The summed E-state index contributed by atoms with van der Waals surface area (Å²) in [6.45, 7) is 1.18. The highest BCUT2D eigenvalue weighted by Gasteiger charge is 2.04. The first-order chi connectivity index (χ1) is 9.19. The summed E-state index contributed by atoms with van der Waals surface area (Å²) in [6, 6.07) is 6.25. The number of ether oxygens (including phenoxy) is 1. The molecule has 1 radical (unpaired) electrons. The fourth-order valence-corrected chi connectivity index (χ4v) is 1.49. The number of aromatic nitrogens is 3. The van der Waals surface area contributed by atoms with Gasteiger partial charge in [0.2, 0.25) is 0 Å². The molecule has 2 aromatic rings. The van der Waals surface area contributed by atoms with Gasteiger partial charge >= 0.3 is 0 Å². The molecule has 2 heterocycles. The average molecular weight is 260 g/mol. The van der Waals surface area contributed by atoms with Gasteiger partial charge in [0, 0.05) is 31.1 Å². The largest absolute Gasteiger partial charge is 0.497 e. The van der Waals surface area contributed by atoms with Gasteiger partial charge in [-0.3, -0.25) is 9.48 Å². The van der Waals surface area contributed by atoms with Crippen LogP contribution in [0.3, 0.4) is 0 Å². The van der Waals surface area contributed by atoms with E-state index in [4.69, 9.17) is 10.5 Å². The van der Waals surface area contributed by atoms with Crippen LogP contribution >= 0.6 is 0 Å². The topological polar surface area (TPSA) is 95.1 Å². The van der Waals surface area contributed by atoms with E-state index in [2.05, 4.69) is 21.5 Å². The molecule has 0 unspecified atom stereocenters. The lowest BCUT2D eigenvalue weighted by Gasteiger charge is -2.07. The summed E-state index contributed by atoms with van der Waals surface area (Å²) in [6.07, 6.45) is 3.24. The Morgan fingerprint density at radius 2 is 2.47 bits per heavy atom. The lowest BCUT2D eigenvalue weighted by atomic mass is 10.4. The number of amides is 1. The third-order valence-electron chi connectivity index (χ3n) is 2.43. The molecule has 19 heavy (non-hydrogen) atoms. The molecule has 0 saturated heterocycles. The molecular weight excluding hydrogens is 246 g/mol. The quantitative estimate of drug-likeness (QED) is 0.778. The number of methoxy groups -OCH3 is 1. The molecular formula is C12H14N5O2. The first-order valence-corrected chi connectivity index (χ1v) is 5.68. The second-order valence-corrected chi connectivity index (χ2v) is 3.76. The minimum atomic E-state index is -0.582. The van der Waals surface area contributed by atoms with Crippen LogP contribution in [0.25, 0.3) is 0 Å². The highest BCUT2D eigenvalue weighted by Crippen LogP contribution is 2.13. The smallest absolute Gasteiger partial charge is 0.269 e. The lowest BCUT2D eigenvalue weighted by Crippen LogP contribution is -2.15. The van der Waals surface area contributed by atoms with Crippen LogP contribution in [0.15, 0.2) is 24.5 Å². The van der Waals surface area contributed by atoms with E-state index in [1.54, 1.807) is 36.3 Å². The van der Waals surface area contributed by atoms with E-state index in [0.717, 1.165) is 5.75 Å². The number of nitrogens with two attached hydrogens (primary N) is 1. The van der Waals surface area contributed by atoms with E-state index in [1.807, 2.05) is 0 Å². The Bertz CT molecular complexity index is 567. The van der Waals surface area contributed by atoms with Crippen molar-refractivity contribution in [3.8, 4) is 5.75 Å². The van der Waals surface area contributed by atoms with Gasteiger partial charge in [-0.2, -0.15) is 5.10 Å². The van der Waals surface area contributed by atoms with Crippen LogP contribution in [0.2, 0.25) is 0 Å². The molecule has 0 aliphatic heterocycles. The Balaban J connectivity index is 1.86. The van der Waals surface area contributed by atoms with Gasteiger partial charge in [-0.25, -0.2) is 4.98 Å². The van der Waals surface area contributed by atoms with Crippen molar-refractivity contribution in [1.29, 1.82) is 0 Å². The number of anilines is 1. The minimum absolute atomic E-state index is 0.138. The fourth-order valence-electron chi connectivity index (χ4n) is 1.49. The van der Waals surface area contributed by atoms with Crippen LogP contribution in [-0.2, 0) is 6.54 Å². The molecule has 1 amide bonds. The van der Waals surface area contributed by atoms with Crippen LogP contribution in [0.1, 0.15) is 10.5 Å². The summed E-state index contributed by atoms with van der Waals surface area (Å²) in [5.74, 6) is 0.868. The summed E-state index contributed by atoms with van der Waals surface area (Å²) in [4.78, 5) is 15.0. The predicted octanol–water partition coefficient (Wildman–Crippen LogP) is 0.298. The third-order valence-corrected chi connectivity index (χ3v) is 2.43. The number of rotatable bonds is 6. The molecule has 0 aliphatic rings. The van der Waals surface area contributed by atoms with Crippen molar-refractivity contribution >= 4 is 11.7 Å². The molecule has 0 bridgehead atoms. The molecule has 0 fully saturated rings. The van der Waals surface area contributed by atoms with E-state index in [0.29, 0.717) is 18.9 Å². The van der Waals surface area contributed by atoms with E-state index < -0.39 is 5.91 Å². The highest BCUT2D eigenvalue weighted by atomic mass is 16.5. The van der Waals surface area contributed by atoms with Crippen LogP contribution in [0.4, 0.5) is 5.82 Å². The number of hydrogen-bond acceptors (Lipinski definition) is 5. The number of nitrogens with one attached hydrogen (secondary N) is 1. The van der Waals surface area contributed by atoms with Crippen LogP contribution in [0.5, 0.6) is 5.75 Å². The van der Waals surface area contributed by atoms with Crippen LogP contribution in [0, 0.1) is 6.07 Å². The molecule has 7 heteroatoms. The van der Waals surface area contributed by atoms with Crippen LogP contribution < -0.4 is 15.8 Å². The normalized spacial score (nSPS) is 10.2. The SMILES string of the molecule is COc1ccnc(NCCn2c[c]c(C(N)=O)n2)c1. The second-order valence-electron chi connectivity index (χ2n) is 3.76. The predicted molar refractivity (Wildman–Crippen MR) is 68.9 cm³/mol. The first kappa shape index (κ1) is 12.9. The summed E-state index contributed by atoms with van der Waals surface area (Å²) in [7, 11) is 1.60. The van der Waals surface area contributed by atoms with Crippen molar-refractivity contribution in [3.05, 3.63) is 36.3 Å². The maximum absolute atomic E-state index is 10.9. The first-order valence-electron chi connectivity index (χ1n) is 5.68. The maximum Gasteiger partial charge on any atom is 0.269 e. The van der Waals surface area contributed by atoms with E-state index in [9.17, 15) is 4.79 Å². The Morgan fingerprint density at radius 1 is 1.63 bits per heavy atom. The third kappa shape index (κ3) is 3.44. The molecule has 0 spiro atoms. The average Bonchev–Trinajstić information content (AvgIpc) is 2.88. The number of nitrogens with zero attached hydrogens (tertiary/aromatic N) is 3. The zero-order chi connectivity index (χ0) is 13.7. The van der Waals surface area contributed by atoms with Crippen molar-refractivity contribution in [2.24, 2.45) is 5.73 Å². The fraction of sp³-hybridized carbons (Fsp3) is 0.250. The molecule has 2 rings (SSSR count). The number of carbonyl (C=O) groups excluding carboxylic acids is 1. The van der Waals surface area contributed by atoms with Crippen LogP contribution in [-0.4, -0.2) is 34.3 Å². The number of primary amides is 1. The van der Waals surface area contributed by atoms with Crippen molar-refractivity contribution in [2.75, 3.05) is 19.0 Å². The Morgan fingerprint density at radius 3 is 3.16 bits per heavy atom. The standard InChI is InChI=1S/C12H14N5O2/c1-19-9-2-4-14-11(8-9)15-5-7-17-6-3-10(16-17)12(13)18/h2,4,6,8H,5,7H2,1H3,(H2,13,18)(H,14,15). The van der Waals surface area contributed by atoms with Gasteiger partial charge in [-0.1, -0.05) is 0 Å². The van der Waals surface area contributed by atoms with E-state index >= 15 is 0 Å². The van der Waals surface area contributed by atoms with Gasteiger partial charge in [0.05, 0.1) is 13.7 Å². The molecule has 99 valence electrons. The van der Waals surface area contributed by atoms with Crippen molar-refractivity contribution in [1.82, 2.24) is 14.8 Å². The Labute approximate surface area is 110 Å². The summed E-state index contributed by atoms with van der Waals surface area (Å²) in [5.41, 5.74) is 5.23. The molecule has 2 aromatic heterocycles. The number of carbonyl (C=O) groups is 1. The molecule has 0 saturated carbocycles. The molecule has 7 nitrogen and oxygen atoms in total. The molecule has 0 aliphatic carbocycles. The number of pyridine rings is 1. The van der Waals surface area contributed by atoms with Gasteiger partial charge in [0.25, 0.3) is 5.91 Å². The van der Waals surface area contributed by atoms with E-state index in [1.165, 1.54) is 0 Å². The maximum atomic E-state index is 10.9. The zero-order valence-electron chi connectivity index (χ0n) is 10.5. The van der Waals surface area contributed by atoms with Gasteiger partial charge < -0.3 is 15.8 Å². The highest BCUT2D eigenvalue weighted by molar-refractivity contribution is 5.90. The summed E-state index contributed by atoms with van der Waals surface area (Å²) < 4.78 is 6.69. The minimum Gasteiger partial charge on any atom is -0.497 e. The molecule has 0 aromatic carbocycles. The van der Waals surface area contributed by atoms with Crippen molar-refractivity contribution in [2.45, 2.75) is 6.54 Å². The summed E-state index contributed by atoms with van der Waals surface area (Å²) >= 11 is 0. The van der Waals surface area contributed by atoms with Crippen molar-refractivity contribution < 1.29 is 9.53 Å². The van der Waals surface area contributed by atoms with E-state index in [-0.39, 0.29) is 5.69 Å². The Hall–Kier alpha value is -2.57. The zero-order valence-corrected chi connectivity index (χ0v) is 10.5. The summed E-state index contributed by atoms with van der Waals surface area (Å²) in [5, 5.41) is 7.10. The number of hydrogen-bond donors (Lipinski definition) is 2. The monoisotopic (exact) mass is 260 g/mol. The lowest BCUT2D eigenvalue weighted by molar-refractivity contribution is 0.0994. The van der Waals surface area contributed by atoms with Gasteiger partial charge in [0.15, 0.2) is 5.69 Å². The van der Waals surface area contributed by atoms with Crippen molar-refractivity contribution in [3.63, 3.8) is 0 Å². The Kier molecular flexibility index (Phi) is 3.97. The van der Waals surface area contributed by atoms with Gasteiger partial charge in [-0.15, -0.1) is 0 Å². The van der Waals surface area contributed by atoms with Gasteiger partial charge in [0.1, 0.15) is 11.6 Å².